The summed E-state index contributed by atoms with van der Waals surface area (Å²) >= 11 is 0. The highest BCUT2D eigenvalue weighted by atomic mass is 32.2. The predicted octanol–water partition coefficient (Wildman–Crippen LogP) is 1.03. The monoisotopic (exact) mass is 299 g/mol. The SMILES string of the molecule is CCCn1cc(S(N)(=O)=O)cc1C(=O)N(C)CC1CC1. The van der Waals surface area contributed by atoms with Gasteiger partial charge in [-0.15, -0.1) is 0 Å². The minimum atomic E-state index is -3.78. The Labute approximate surface area is 119 Å². The van der Waals surface area contributed by atoms with E-state index in [1.54, 1.807) is 16.5 Å². The van der Waals surface area contributed by atoms with Crippen LogP contribution in [0.15, 0.2) is 17.2 Å². The molecule has 0 aliphatic heterocycles. The molecule has 1 amide bonds. The summed E-state index contributed by atoms with van der Waals surface area (Å²) in [5.41, 5.74) is 0.388. The molecule has 6 nitrogen and oxygen atoms in total. The van der Waals surface area contributed by atoms with Gasteiger partial charge in [-0.2, -0.15) is 0 Å². The highest BCUT2D eigenvalue weighted by Crippen LogP contribution is 2.29. The zero-order valence-corrected chi connectivity index (χ0v) is 12.7. The number of aryl methyl sites for hydroxylation is 1. The summed E-state index contributed by atoms with van der Waals surface area (Å²) in [6, 6.07) is 1.37. The summed E-state index contributed by atoms with van der Waals surface area (Å²) in [7, 11) is -2.03. The lowest BCUT2D eigenvalue weighted by Gasteiger charge is -2.17. The molecule has 0 atom stereocenters. The molecule has 1 aliphatic rings. The number of carbonyl (C=O) groups excluding carboxylic acids is 1. The molecule has 0 aromatic carbocycles. The molecule has 7 heteroatoms. The normalized spacial score (nSPS) is 15.3. The Bertz CT molecular complexity index is 602. The fourth-order valence-corrected chi connectivity index (χ4v) is 2.76. The average molecular weight is 299 g/mol. The lowest BCUT2D eigenvalue weighted by Crippen LogP contribution is -2.30. The Morgan fingerprint density at radius 1 is 1.50 bits per heavy atom. The van der Waals surface area contributed by atoms with Crippen LogP contribution in [0.3, 0.4) is 0 Å². The molecule has 1 fully saturated rings. The van der Waals surface area contributed by atoms with Gasteiger partial charge in [-0.25, -0.2) is 13.6 Å². The summed E-state index contributed by atoms with van der Waals surface area (Å²) in [5.74, 6) is 0.441. The molecule has 1 aromatic heterocycles. The van der Waals surface area contributed by atoms with Crippen LogP contribution in [0, 0.1) is 5.92 Å². The second-order valence-electron chi connectivity index (χ2n) is 5.43. The zero-order valence-electron chi connectivity index (χ0n) is 11.9. The van der Waals surface area contributed by atoms with Crippen molar-refractivity contribution in [2.75, 3.05) is 13.6 Å². The third kappa shape index (κ3) is 3.40. The van der Waals surface area contributed by atoms with E-state index >= 15 is 0 Å². The van der Waals surface area contributed by atoms with Gasteiger partial charge in [0.25, 0.3) is 5.91 Å². The van der Waals surface area contributed by atoms with Crippen molar-refractivity contribution in [3.05, 3.63) is 18.0 Å². The molecule has 20 heavy (non-hydrogen) atoms. The molecule has 2 N–H and O–H groups in total. The summed E-state index contributed by atoms with van der Waals surface area (Å²) in [6.45, 7) is 3.29. The molecule has 1 aliphatic carbocycles. The number of sulfonamides is 1. The predicted molar refractivity (Wildman–Crippen MR) is 75.8 cm³/mol. The number of nitrogens with two attached hydrogens (primary N) is 1. The van der Waals surface area contributed by atoms with E-state index in [0.717, 1.165) is 25.8 Å². The third-order valence-electron chi connectivity index (χ3n) is 3.46. The fraction of sp³-hybridized carbons (Fsp3) is 0.615. The molecular formula is C13H21N3O3S. The van der Waals surface area contributed by atoms with Crippen molar-refractivity contribution >= 4 is 15.9 Å². The van der Waals surface area contributed by atoms with Gasteiger partial charge in [-0.1, -0.05) is 6.92 Å². The van der Waals surface area contributed by atoms with Crippen LogP contribution in [0.1, 0.15) is 36.7 Å². The molecule has 1 saturated carbocycles. The van der Waals surface area contributed by atoms with E-state index in [1.807, 2.05) is 6.92 Å². The van der Waals surface area contributed by atoms with E-state index in [4.69, 9.17) is 5.14 Å². The van der Waals surface area contributed by atoms with Gasteiger partial charge in [0.05, 0.1) is 0 Å². The lowest BCUT2D eigenvalue weighted by atomic mass is 10.3. The molecule has 0 spiro atoms. The zero-order chi connectivity index (χ0) is 14.9. The van der Waals surface area contributed by atoms with Gasteiger partial charge in [0.1, 0.15) is 10.6 Å². The number of primary sulfonamides is 1. The Kier molecular flexibility index (Phi) is 4.19. The maximum Gasteiger partial charge on any atom is 0.270 e. The largest absolute Gasteiger partial charge is 0.342 e. The van der Waals surface area contributed by atoms with Crippen LogP contribution < -0.4 is 5.14 Å². The smallest absolute Gasteiger partial charge is 0.270 e. The minimum absolute atomic E-state index is 0.00544. The van der Waals surface area contributed by atoms with Crippen LogP contribution in [-0.2, 0) is 16.6 Å². The van der Waals surface area contributed by atoms with Crippen LogP contribution in [-0.4, -0.2) is 37.4 Å². The Hall–Kier alpha value is -1.34. The first-order valence-electron chi connectivity index (χ1n) is 6.81. The number of hydrogen-bond acceptors (Lipinski definition) is 3. The second kappa shape index (κ2) is 5.57. The molecule has 0 radical (unpaired) electrons. The van der Waals surface area contributed by atoms with E-state index in [-0.39, 0.29) is 10.8 Å². The van der Waals surface area contributed by atoms with Crippen molar-refractivity contribution in [2.45, 2.75) is 37.6 Å². The molecule has 1 heterocycles. The Morgan fingerprint density at radius 2 is 2.15 bits per heavy atom. The summed E-state index contributed by atoms with van der Waals surface area (Å²) in [4.78, 5) is 14.1. The van der Waals surface area contributed by atoms with Crippen molar-refractivity contribution in [1.82, 2.24) is 9.47 Å². The number of aromatic nitrogens is 1. The lowest BCUT2D eigenvalue weighted by molar-refractivity contribution is 0.0778. The first-order valence-corrected chi connectivity index (χ1v) is 8.36. The second-order valence-corrected chi connectivity index (χ2v) is 6.99. The minimum Gasteiger partial charge on any atom is -0.342 e. The molecule has 0 saturated heterocycles. The van der Waals surface area contributed by atoms with Crippen molar-refractivity contribution < 1.29 is 13.2 Å². The number of rotatable bonds is 6. The van der Waals surface area contributed by atoms with E-state index in [1.165, 1.54) is 12.3 Å². The van der Waals surface area contributed by atoms with E-state index in [0.29, 0.717) is 18.2 Å². The summed E-state index contributed by atoms with van der Waals surface area (Å²) < 4.78 is 24.5. The Morgan fingerprint density at radius 3 is 2.65 bits per heavy atom. The molecule has 0 unspecified atom stereocenters. The molecule has 0 bridgehead atoms. The maximum absolute atomic E-state index is 12.4. The molecule has 1 aromatic rings. The average Bonchev–Trinajstić information content (AvgIpc) is 3.05. The first-order chi connectivity index (χ1) is 9.32. The highest BCUT2D eigenvalue weighted by molar-refractivity contribution is 7.89. The molecule has 112 valence electrons. The highest BCUT2D eigenvalue weighted by Gasteiger charge is 2.27. The van der Waals surface area contributed by atoms with Gasteiger partial charge in [0.15, 0.2) is 0 Å². The van der Waals surface area contributed by atoms with Crippen LogP contribution in [0.2, 0.25) is 0 Å². The van der Waals surface area contributed by atoms with E-state index in [9.17, 15) is 13.2 Å². The van der Waals surface area contributed by atoms with Crippen molar-refractivity contribution in [3.8, 4) is 0 Å². The maximum atomic E-state index is 12.4. The summed E-state index contributed by atoms with van der Waals surface area (Å²) in [5, 5.41) is 5.14. The topological polar surface area (TPSA) is 85.4 Å². The first kappa shape index (κ1) is 15.1. The third-order valence-corrected chi connectivity index (χ3v) is 4.34. The van der Waals surface area contributed by atoms with Crippen LogP contribution in [0.4, 0.5) is 0 Å². The van der Waals surface area contributed by atoms with Gasteiger partial charge >= 0.3 is 0 Å². The number of hydrogen-bond donors (Lipinski definition) is 1. The van der Waals surface area contributed by atoms with Gasteiger partial charge in [0.2, 0.25) is 10.0 Å². The summed E-state index contributed by atoms with van der Waals surface area (Å²) in [6.07, 6.45) is 4.58. The number of carbonyl (C=O) groups is 1. The number of amides is 1. The Balaban J connectivity index is 2.27. The van der Waals surface area contributed by atoms with Crippen LogP contribution in [0.25, 0.3) is 0 Å². The number of nitrogens with zero attached hydrogens (tertiary/aromatic N) is 2. The van der Waals surface area contributed by atoms with Crippen LogP contribution >= 0.6 is 0 Å². The van der Waals surface area contributed by atoms with Crippen molar-refractivity contribution in [3.63, 3.8) is 0 Å². The van der Waals surface area contributed by atoms with Crippen LogP contribution in [0.5, 0.6) is 0 Å². The van der Waals surface area contributed by atoms with E-state index < -0.39 is 10.0 Å². The van der Waals surface area contributed by atoms with Crippen molar-refractivity contribution in [2.24, 2.45) is 11.1 Å². The van der Waals surface area contributed by atoms with Gasteiger partial charge in [-0.05, 0) is 31.2 Å². The van der Waals surface area contributed by atoms with Gasteiger partial charge < -0.3 is 9.47 Å². The van der Waals surface area contributed by atoms with Crippen molar-refractivity contribution in [1.29, 1.82) is 0 Å². The quantitative estimate of drug-likeness (QED) is 0.851. The standard InChI is InChI=1S/C13H21N3O3S/c1-3-6-16-9-11(20(14,18)19)7-12(16)13(17)15(2)8-10-4-5-10/h7,9-10H,3-6,8H2,1-2H3,(H2,14,18,19). The van der Waals surface area contributed by atoms with Gasteiger partial charge in [-0.3, -0.25) is 4.79 Å². The molecular weight excluding hydrogens is 278 g/mol. The van der Waals surface area contributed by atoms with Gasteiger partial charge in [0, 0.05) is 26.3 Å². The fourth-order valence-electron chi connectivity index (χ4n) is 2.21. The molecule has 2 rings (SSSR count). The van der Waals surface area contributed by atoms with E-state index in [2.05, 4.69) is 0 Å².